The van der Waals surface area contributed by atoms with Crippen molar-refractivity contribution < 1.29 is 13.9 Å². The molecule has 1 unspecified atom stereocenters. The number of nitrogens with zero attached hydrogens (tertiary/aromatic N) is 3. The van der Waals surface area contributed by atoms with Crippen molar-refractivity contribution in [1.82, 2.24) is 25.0 Å². The van der Waals surface area contributed by atoms with Gasteiger partial charge < -0.3 is 15.0 Å². The Labute approximate surface area is 192 Å². The van der Waals surface area contributed by atoms with Crippen LogP contribution in [0.15, 0.2) is 48.5 Å². The van der Waals surface area contributed by atoms with Crippen molar-refractivity contribution in [2.24, 2.45) is 0 Å². The van der Waals surface area contributed by atoms with Gasteiger partial charge in [-0.3, -0.25) is 14.5 Å². The van der Waals surface area contributed by atoms with E-state index in [1.165, 1.54) is 12.1 Å². The van der Waals surface area contributed by atoms with E-state index in [0.717, 1.165) is 16.9 Å². The number of carbonyl (C=O) groups excluding carboxylic acids is 1. The third-order valence-electron chi connectivity index (χ3n) is 5.11. The standard InChI is InChI=1S/C23H28FN5O2S/c1-4-31-19-11-7-17(8-12-19)22-26-27-23(32)29(22)14-13-21(30)25-15-20(28(2)3)16-5-9-18(24)10-6-16/h5-12,20H,4,13-15H2,1-3H3,(H,25,30)(H,27,32). The quantitative estimate of drug-likeness (QED) is 0.451. The molecular formula is C23H28FN5O2S. The summed E-state index contributed by atoms with van der Waals surface area (Å²) < 4.78 is 21.0. The van der Waals surface area contributed by atoms with Crippen LogP contribution in [-0.4, -0.2) is 52.8 Å². The molecule has 2 aromatic carbocycles. The number of H-pyrrole nitrogens is 1. The summed E-state index contributed by atoms with van der Waals surface area (Å²) in [4.78, 5) is 14.5. The summed E-state index contributed by atoms with van der Waals surface area (Å²) in [7, 11) is 3.85. The second kappa shape index (κ2) is 11.0. The molecular weight excluding hydrogens is 429 g/mol. The van der Waals surface area contributed by atoms with E-state index in [1.807, 2.05) is 54.8 Å². The average Bonchev–Trinajstić information content (AvgIpc) is 3.14. The number of halogens is 1. The van der Waals surface area contributed by atoms with Gasteiger partial charge in [0.05, 0.1) is 12.6 Å². The lowest BCUT2D eigenvalue weighted by Gasteiger charge is -2.25. The number of likely N-dealkylation sites (N-methyl/N-ethyl adjacent to an activating group) is 1. The van der Waals surface area contributed by atoms with Gasteiger partial charge in [0.15, 0.2) is 10.6 Å². The first-order chi connectivity index (χ1) is 15.4. The Morgan fingerprint density at radius 3 is 2.53 bits per heavy atom. The number of carbonyl (C=O) groups is 1. The molecule has 170 valence electrons. The molecule has 3 rings (SSSR count). The zero-order chi connectivity index (χ0) is 23.1. The molecule has 0 saturated carbocycles. The fourth-order valence-corrected chi connectivity index (χ4v) is 3.63. The van der Waals surface area contributed by atoms with Crippen LogP contribution in [0.1, 0.15) is 24.9 Å². The van der Waals surface area contributed by atoms with Crippen molar-refractivity contribution >= 4 is 18.1 Å². The van der Waals surface area contributed by atoms with Crippen LogP contribution in [0.2, 0.25) is 0 Å². The highest BCUT2D eigenvalue weighted by Gasteiger charge is 2.16. The first-order valence-electron chi connectivity index (χ1n) is 10.5. The first-order valence-corrected chi connectivity index (χ1v) is 10.9. The normalized spacial score (nSPS) is 12.0. The minimum atomic E-state index is -0.282. The minimum Gasteiger partial charge on any atom is -0.494 e. The Morgan fingerprint density at radius 2 is 1.91 bits per heavy atom. The number of amides is 1. The number of ether oxygens (including phenoxy) is 1. The summed E-state index contributed by atoms with van der Waals surface area (Å²) in [6.07, 6.45) is 0.251. The molecule has 1 amide bonds. The Kier molecular flexibility index (Phi) is 8.13. The lowest BCUT2D eigenvalue weighted by Crippen LogP contribution is -2.34. The summed E-state index contributed by atoms with van der Waals surface area (Å²) in [5.41, 5.74) is 1.82. The number of rotatable bonds is 10. The monoisotopic (exact) mass is 457 g/mol. The molecule has 0 radical (unpaired) electrons. The van der Waals surface area contributed by atoms with E-state index in [1.54, 1.807) is 12.1 Å². The Morgan fingerprint density at radius 1 is 1.22 bits per heavy atom. The molecule has 9 heteroatoms. The molecule has 0 aliphatic rings. The van der Waals surface area contributed by atoms with Crippen LogP contribution >= 0.6 is 12.2 Å². The van der Waals surface area contributed by atoms with Gasteiger partial charge in [0.2, 0.25) is 5.91 Å². The van der Waals surface area contributed by atoms with E-state index in [2.05, 4.69) is 15.5 Å². The number of hydrogen-bond acceptors (Lipinski definition) is 5. The molecule has 7 nitrogen and oxygen atoms in total. The van der Waals surface area contributed by atoms with Crippen LogP contribution in [-0.2, 0) is 11.3 Å². The number of aromatic nitrogens is 3. The maximum absolute atomic E-state index is 13.2. The summed E-state index contributed by atoms with van der Waals surface area (Å²) in [6.45, 7) is 3.35. The number of hydrogen-bond donors (Lipinski definition) is 2. The predicted octanol–water partition coefficient (Wildman–Crippen LogP) is 3.95. The first kappa shape index (κ1) is 23.6. The van der Waals surface area contributed by atoms with Crippen LogP contribution in [0.3, 0.4) is 0 Å². The molecule has 0 saturated heterocycles. The van der Waals surface area contributed by atoms with Gasteiger partial charge in [-0.2, -0.15) is 5.10 Å². The SMILES string of the molecule is CCOc1ccc(-c2n[nH]c(=S)n2CCC(=O)NCC(c2ccc(F)cc2)N(C)C)cc1. The van der Waals surface area contributed by atoms with E-state index in [-0.39, 0.29) is 24.2 Å². The molecule has 0 aliphatic heterocycles. The number of benzene rings is 2. The summed E-state index contributed by atoms with van der Waals surface area (Å²) in [5, 5.41) is 10.1. The highest BCUT2D eigenvalue weighted by molar-refractivity contribution is 7.71. The molecule has 1 heterocycles. The maximum Gasteiger partial charge on any atom is 0.221 e. The molecule has 3 aromatic rings. The van der Waals surface area contributed by atoms with Gasteiger partial charge in [-0.1, -0.05) is 12.1 Å². The third kappa shape index (κ3) is 6.02. The van der Waals surface area contributed by atoms with E-state index in [0.29, 0.717) is 30.3 Å². The third-order valence-corrected chi connectivity index (χ3v) is 5.43. The maximum atomic E-state index is 13.2. The van der Waals surface area contributed by atoms with Crippen molar-refractivity contribution in [3.05, 3.63) is 64.7 Å². The lowest BCUT2D eigenvalue weighted by molar-refractivity contribution is -0.121. The van der Waals surface area contributed by atoms with E-state index >= 15 is 0 Å². The van der Waals surface area contributed by atoms with Gasteiger partial charge in [-0.25, -0.2) is 4.39 Å². The zero-order valence-electron chi connectivity index (χ0n) is 18.5. The van der Waals surface area contributed by atoms with Crippen molar-refractivity contribution in [2.45, 2.75) is 25.9 Å². The predicted molar refractivity (Wildman–Crippen MR) is 124 cm³/mol. The van der Waals surface area contributed by atoms with Gasteiger partial charge in [0, 0.05) is 25.1 Å². The van der Waals surface area contributed by atoms with Crippen molar-refractivity contribution in [2.75, 3.05) is 27.2 Å². The molecule has 0 spiro atoms. The fraction of sp³-hybridized carbons (Fsp3) is 0.348. The molecule has 0 bridgehead atoms. The summed E-state index contributed by atoms with van der Waals surface area (Å²) in [5.74, 6) is 1.08. The van der Waals surface area contributed by atoms with Crippen LogP contribution in [0.25, 0.3) is 11.4 Å². The van der Waals surface area contributed by atoms with Crippen LogP contribution < -0.4 is 10.1 Å². The van der Waals surface area contributed by atoms with Crippen LogP contribution in [0.5, 0.6) is 5.75 Å². The second-order valence-corrected chi connectivity index (χ2v) is 7.93. The van der Waals surface area contributed by atoms with Crippen molar-refractivity contribution in [3.63, 3.8) is 0 Å². The summed E-state index contributed by atoms with van der Waals surface area (Å²) >= 11 is 5.36. The molecule has 0 aliphatic carbocycles. The molecule has 1 aromatic heterocycles. The Balaban J connectivity index is 1.61. The molecule has 1 atom stereocenters. The molecule has 0 fully saturated rings. The second-order valence-electron chi connectivity index (χ2n) is 7.55. The number of nitrogens with one attached hydrogen (secondary N) is 2. The topological polar surface area (TPSA) is 75.2 Å². The fourth-order valence-electron chi connectivity index (χ4n) is 3.41. The van der Waals surface area contributed by atoms with Crippen LogP contribution in [0, 0.1) is 10.6 Å². The van der Waals surface area contributed by atoms with E-state index in [4.69, 9.17) is 17.0 Å². The van der Waals surface area contributed by atoms with Gasteiger partial charge in [-0.05, 0) is 75.2 Å². The van der Waals surface area contributed by atoms with E-state index in [9.17, 15) is 9.18 Å². The smallest absolute Gasteiger partial charge is 0.221 e. The summed E-state index contributed by atoms with van der Waals surface area (Å²) in [6, 6.07) is 13.9. The van der Waals surface area contributed by atoms with E-state index < -0.39 is 0 Å². The van der Waals surface area contributed by atoms with Gasteiger partial charge in [0.1, 0.15) is 11.6 Å². The molecule has 32 heavy (non-hydrogen) atoms. The lowest BCUT2D eigenvalue weighted by atomic mass is 10.1. The molecule has 2 N–H and O–H groups in total. The van der Waals surface area contributed by atoms with Crippen LogP contribution in [0.4, 0.5) is 4.39 Å². The average molecular weight is 458 g/mol. The largest absolute Gasteiger partial charge is 0.494 e. The van der Waals surface area contributed by atoms with Crippen molar-refractivity contribution in [3.8, 4) is 17.1 Å². The highest BCUT2D eigenvalue weighted by atomic mass is 32.1. The minimum absolute atomic E-state index is 0.0601. The zero-order valence-corrected chi connectivity index (χ0v) is 19.3. The number of aromatic amines is 1. The van der Waals surface area contributed by atoms with Gasteiger partial charge >= 0.3 is 0 Å². The highest BCUT2D eigenvalue weighted by Crippen LogP contribution is 2.22. The Bertz CT molecular complexity index is 1080. The van der Waals surface area contributed by atoms with Gasteiger partial charge in [0.25, 0.3) is 0 Å². The van der Waals surface area contributed by atoms with Gasteiger partial charge in [-0.15, -0.1) is 0 Å². The van der Waals surface area contributed by atoms with Crippen molar-refractivity contribution in [1.29, 1.82) is 0 Å². The Hall–Kier alpha value is -3.04.